The van der Waals surface area contributed by atoms with E-state index in [1.165, 1.54) is 12.1 Å². The van der Waals surface area contributed by atoms with Crippen molar-refractivity contribution in [2.45, 2.75) is 25.3 Å². The van der Waals surface area contributed by atoms with Crippen molar-refractivity contribution in [2.75, 3.05) is 11.5 Å². The van der Waals surface area contributed by atoms with Crippen molar-refractivity contribution in [3.63, 3.8) is 0 Å². The van der Waals surface area contributed by atoms with Crippen molar-refractivity contribution >= 4 is 46.6 Å². The SMILES string of the molecule is Cc1cc(C2=NOC(c3cc(Cl)cc(Cl)c3)(C(F)(F)F)O2)ccc1C(=O)CC1CSC1. The highest BCUT2D eigenvalue weighted by Crippen LogP contribution is 2.48. The van der Waals surface area contributed by atoms with E-state index in [2.05, 4.69) is 5.16 Å². The van der Waals surface area contributed by atoms with Crippen LogP contribution in [-0.2, 0) is 15.4 Å². The normalized spacial score (nSPS) is 21.2. The Bertz CT molecular complexity index is 1050. The minimum absolute atomic E-state index is 0.00431. The lowest BCUT2D eigenvalue weighted by Gasteiger charge is -2.28. The molecule has 2 aromatic rings. The van der Waals surface area contributed by atoms with Crippen LogP contribution in [0.4, 0.5) is 13.2 Å². The molecule has 164 valence electrons. The predicted octanol–water partition coefficient (Wildman–Crippen LogP) is 6.36. The molecular formula is C21H16Cl2F3NO3S. The summed E-state index contributed by atoms with van der Waals surface area (Å²) < 4.78 is 47.3. The van der Waals surface area contributed by atoms with Gasteiger partial charge in [-0.25, -0.2) is 0 Å². The summed E-state index contributed by atoms with van der Waals surface area (Å²) >= 11 is 13.6. The molecule has 0 spiro atoms. The Morgan fingerprint density at radius 3 is 2.42 bits per heavy atom. The summed E-state index contributed by atoms with van der Waals surface area (Å²) in [7, 11) is 0. The topological polar surface area (TPSA) is 47.9 Å². The van der Waals surface area contributed by atoms with Crippen LogP contribution < -0.4 is 0 Å². The van der Waals surface area contributed by atoms with Crippen LogP contribution in [0, 0.1) is 12.8 Å². The molecule has 1 atom stereocenters. The maximum absolute atomic E-state index is 14.0. The van der Waals surface area contributed by atoms with E-state index in [0.717, 1.165) is 23.6 Å². The summed E-state index contributed by atoms with van der Waals surface area (Å²) in [5.41, 5.74) is 0.977. The summed E-state index contributed by atoms with van der Waals surface area (Å²) in [5, 5.41) is 3.54. The fourth-order valence-electron chi connectivity index (χ4n) is 3.40. The van der Waals surface area contributed by atoms with Crippen molar-refractivity contribution in [2.24, 2.45) is 11.1 Å². The molecule has 31 heavy (non-hydrogen) atoms. The molecule has 0 aromatic heterocycles. The van der Waals surface area contributed by atoms with Crippen LogP contribution >= 0.6 is 35.0 Å². The van der Waals surface area contributed by atoms with E-state index in [-0.39, 0.29) is 27.3 Å². The number of benzene rings is 2. The van der Waals surface area contributed by atoms with E-state index in [1.54, 1.807) is 30.8 Å². The number of halogens is 5. The third kappa shape index (κ3) is 4.25. The van der Waals surface area contributed by atoms with Crippen LogP contribution in [-0.4, -0.2) is 29.4 Å². The van der Waals surface area contributed by atoms with Crippen molar-refractivity contribution < 1.29 is 27.5 Å². The van der Waals surface area contributed by atoms with E-state index in [4.69, 9.17) is 32.8 Å². The molecule has 0 amide bonds. The number of hydrogen-bond acceptors (Lipinski definition) is 5. The van der Waals surface area contributed by atoms with Gasteiger partial charge in [-0.2, -0.15) is 24.9 Å². The van der Waals surface area contributed by atoms with Gasteiger partial charge in [0, 0.05) is 27.6 Å². The van der Waals surface area contributed by atoms with Crippen molar-refractivity contribution in [3.05, 3.63) is 68.7 Å². The van der Waals surface area contributed by atoms with Crippen LogP contribution in [0.3, 0.4) is 0 Å². The van der Waals surface area contributed by atoms with Gasteiger partial charge in [0.1, 0.15) is 0 Å². The lowest BCUT2D eigenvalue weighted by atomic mass is 9.96. The van der Waals surface area contributed by atoms with Crippen LogP contribution in [0.15, 0.2) is 41.6 Å². The molecule has 0 saturated carbocycles. The number of rotatable bonds is 5. The largest absolute Gasteiger partial charge is 0.475 e. The molecule has 2 aliphatic rings. The van der Waals surface area contributed by atoms with Crippen LogP contribution in [0.25, 0.3) is 0 Å². The second-order valence-corrected chi connectivity index (χ2v) is 9.37. The Hall–Kier alpha value is -1.90. The van der Waals surface area contributed by atoms with Gasteiger partial charge in [0.2, 0.25) is 0 Å². The summed E-state index contributed by atoms with van der Waals surface area (Å²) in [4.78, 5) is 17.3. The molecule has 0 N–H and O–H groups in total. The maximum Gasteiger partial charge on any atom is 0.475 e. The minimum Gasteiger partial charge on any atom is -0.419 e. The molecule has 2 aliphatic heterocycles. The number of Topliss-reactive ketones (excluding diaryl/α,β-unsaturated/α-hetero) is 1. The van der Waals surface area contributed by atoms with Crippen molar-refractivity contribution in [1.82, 2.24) is 0 Å². The number of ketones is 1. The Morgan fingerprint density at radius 1 is 1.19 bits per heavy atom. The first kappa shape index (κ1) is 22.3. The first-order valence-corrected chi connectivity index (χ1v) is 11.2. The number of aryl methyl sites for hydroxylation is 1. The zero-order chi connectivity index (χ0) is 22.4. The zero-order valence-corrected chi connectivity index (χ0v) is 18.5. The van der Waals surface area contributed by atoms with Crippen LogP contribution in [0.1, 0.15) is 33.5 Å². The van der Waals surface area contributed by atoms with E-state index in [1.807, 2.05) is 0 Å². The Labute approximate surface area is 190 Å². The van der Waals surface area contributed by atoms with Gasteiger partial charge in [0.25, 0.3) is 5.90 Å². The second kappa shape index (κ2) is 8.22. The molecule has 2 heterocycles. The first-order chi connectivity index (χ1) is 14.6. The zero-order valence-electron chi connectivity index (χ0n) is 16.1. The molecule has 1 fully saturated rings. The number of ether oxygens (including phenoxy) is 1. The van der Waals surface area contributed by atoms with Gasteiger partial charge in [-0.15, -0.1) is 0 Å². The smallest absolute Gasteiger partial charge is 0.419 e. The van der Waals surface area contributed by atoms with Gasteiger partial charge in [0.15, 0.2) is 5.78 Å². The van der Waals surface area contributed by atoms with Crippen molar-refractivity contribution in [3.8, 4) is 0 Å². The van der Waals surface area contributed by atoms with Gasteiger partial charge in [0.05, 0.1) is 5.56 Å². The van der Waals surface area contributed by atoms with E-state index in [9.17, 15) is 18.0 Å². The quantitative estimate of drug-likeness (QED) is 0.458. The molecule has 2 aromatic carbocycles. The summed E-state index contributed by atoms with van der Waals surface area (Å²) in [5.74, 6) is -1.20. The Morgan fingerprint density at radius 2 is 1.87 bits per heavy atom. The van der Waals surface area contributed by atoms with Gasteiger partial charge in [-0.1, -0.05) is 29.3 Å². The average Bonchev–Trinajstić information content (AvgIpc) is 3.10. The highest BCUT2D eigenvalue weighted by atomic mass is 35.5. The minimum atomic E-state index is -4.97. The lowest BCUT2D eigenvalue weighted by Crippen LogP contribution is -2.44. The lowest BCUT2D eigenvalue weighted by molar-refractivity contribution is -0.352. The van der Waals surface area contributed by atoms with E-state index >= 15 is 0 Å². The maximum atomic E-state index is 14.0. The summed E-state index contributed by atoms with van der Waals surface area (Å²) in [6, 6.07) is 8.05. The molecule has 10 heteroatoms. The molecule has 4 rings (SSSR count). The second-order valence-electron chi connectivity index (χ2n) is 7.42. The van der Waals surface area contributed by atoms with Crippen LogP contribution in [0.5, 0.6) is 0 Å². The molecule has 4 nitrogen and oxygen atoms in total. The van der Waals surface area contributed by atoms with Crippen LogP contribution in [0.2, 0.25) is 10.0 Å². The number of carbonyl (C=O) groups excluding carboxylic acids is 1. The summed E-state index contributed by atoms with van der Waals surface area (Å²) in [6.45, 7) is 1.72. The highest BCUT2D eigenvalue weighted by molar-refractivity contribution is 8.00. The van der Waals surface area contributed by atoms with E-state index in [0.29, 0.717) is 23.5 Å². The fourth-order valence-corrected chi connectivity index (χ4v) is 4.73. The third-order valence-corrected chi connectivity index (χ3v) is 6.92. The Kier molecular flexibility index (Phi) is 5.91. The number of nitrogens with zero attached hydrogens (tertiary/aromatic N) is 1. The predicted molar refractivity (Wildman–Crippen MR) is 114 cm³/mol. The average molecular weight is 490 g/mol. The van der Waals surface area contributed by atoms with Gasteiger partial charge in [-0.05, 0) is 65.4 Å². The molecule has 1 unspecified atom stereocenters. The highest BCUT2D eigenvalue weighted by Gasteiger charge is 2.65. The monoisotopic (exact) mass is 489 g/mol. The van der Waals surface area contributed by atoms with Gasteiger partial charge in [-0.3, -0.25) is 4.79 Å². The number of oxime groups is 1. The van der Waals surface area contributed by atoms with Crippen molar-refractivity contribution in [1.29, 1.82) is 0 Å². The number of carbonyl (C=O) groups is 1. The number of hydrogen-bond donors (Lipinski definition) is 0. The molecule has 0 bridgehead atoms. The summed E-state index contributed by atoms with van der Waals surface area (Å²) in [6.07, 6.45) is -4.52. The third-order valence-electron chi connectivity index (χ3n) is 5.07. The van der Waals surface area contributed by atoms with E-state index < -0.39 is 17.5 Å². The molecular weight excluding hydrogens is 474 g/mol. The first-order valence-electron chi connectivity index (χ1n) is 9.29. The molecule has 0 radical (unpaired) electrons. The fraction of sp³-hybridized carbons (Fsp3) is 0.333. The number of alkyl halides is 3. The van der Waals surface area contributed by atoms with Gasteiger partial charge < -0.3 is 9.57 Å². The standard InChI is InChI=1S/C21H16Cl2F3NO3S/c1-11-4-13(2-3-17(11)18(28)5-12-9-31-10-12)19-27-30-20(29-19,21(24,25)26)14-6-15(22)8-16(23)7-14/h2-4,6-8,12H,5,9-10H2,1H3. The van der Waals surface area contributed by atoms with Gasteiger partial charge >= 0.3 is 12.0 Å². The molecule has 0 aliphatic carbocycles. The Balaban J connectivity index is 1.61. The number of thioether (sulfide) groups is 1. The molecule has 1 saturated heterocycles.